The fraction of sp³-hybridized carbons (Fsp3) is 1.00. The first kappa shape index (κ1) is 9.11. The van der Waals surface area contributed by atoms with Crippen molar-refractivity contribution in [2.75, 3.05) is 13.1 Å². The fourth-order valence-electron chi connectivity index (χ4n) is 0.896. The molecular weight excluding hydrogens is 148 g/mol. The minimum absolute atomic E-state index is 0. The predicted octanol–water partition coefficient (Wildman–Crippen LogP) is -3.02. The van der Waals surface area contributed by atoms with Crippen LogP contribution in [0.5, 0.6) is 0 Å². The molecule has 4 heteroatoms. The summed E-state index contributed by atoms with van der Waals surface area (Å²) in [7, 11) is 0. The van der Waals surface area contributed by atoms with Gasteiger partial charge in [-0.15, -0.1) is 0 Å². The van der Waals surface area contributed by atoms with E-state index in [9.17, 15) is 8.78 Å². The van der Waals surface area contributed by atoms with Crippen molar-refractivity contribution in [1.29, 1.82) is 0 Å². The zero-order valence-corrected chi connectivity index (χ0v) is 5.80. The molecule has 1 heterocycles. The van der Waals surface area contributed by atoms with Crippen LogP contribution in [-0.4, -0.2) is 19.0 Å². The van der Waals surface area contributed by atoms with Crippen LogP contribution < -0.4 is 17.7 Å². The Balaban J connectivity index is 0.000000640. The smallest absolute Gasteiger partial charge is 0.258 e. The number of rotatable bonds is 0. The van der Waals surface area contributed by atoms with Crippen LogP contribution in [-0.2, 0) is 0 Å². The minimum Gasteiger partial charge on any atom is -1.00 e. The van der Waals surface area contributed by atoms with Crippen LogP contribution in [0, 0.1) is 0 Å². The SMILES string of the molecule is FC1(F)CC[NH2+]CC1.[Cl-]. The van der Waals surface area contributed by atoms with Crippen LogP contribution in [0.1, 0.15) is 12.8 Å². The van der Waals surface area contributed by atoms with Gasteiger partial charge in [0.2, 0.25) is 0 Å². The van der Waals surface area contributed by atoms with Crippen LogP contribution in [0.4, 0.5) is 8.78 Å². The number of quaternary nitrogens is 1. The lowest BCUT2D eigenvalue weighted by Gasteiger charge is -2.18. The summed E-state index contributed by atoms with van der Waals surface area (Å²) in [4.78, 5) is 0. The number of halogens is 3. The molecule has 56 valence electrons. The van der Waals surface area contributed by atoms with E-state index in [2.05, 4.69) is 0 Å². The first-order valence-corrected chi connectivity index (χ1v) is 2.90. The van der Waals surface area contributed by atoms with Gasteiger partial charge >= 0.3 is 0 Å². The van der Waals surface area contributed by atoms with Gasteiger partial charge in [-0.25, -0.2) is 8.78 Å². The Morgan fingerprint density at radius 3 is 1.78 bits per heavy atom. The molecule has 0 radical (unpaired) electrons. The Morgan fingerprint density at radius 2 is 1.56 bits per heavy atom. The molecule has 0 spiro atoms. The molecule has 1 nitrogen and oxygen atoms in total. The van der Waals surface area contributed by atoms with E-state index >= 15 is 0 Å². The molecule has 1 fully saturated rings. The Bertz CT molecular complexity index is 79.0. The van der Waals surface area contributed by atoms with E-state index in [1.165, 1.54) is 0 Å². The zero-order valence-electron chi connectivity index (χ0n) is 5.04. The third-order valence-electron chi connectivity index (χ3n) is 1.43. The Morgan fingerprint density at radius 1 is 1.11 bits per heavy atom. The molecular formula is C5H10ClF2N. The summed E-state index contributed by atoms with van der Waals surface area (Å²) in [5.41, 5.74) is 0. The molecule has 0 bridgehead atoms. The lowest BCUT2D eigenvalue weighted by molar-refractivity contribution is -0.669. The largest absolute Gasteiger partial charge is 1.00 e. The maximum absolute atomic E-state index is 12.2. The second-order valence-electron chi connectivity index (χ2n) is 2.22. The summed E-state index contributed by atoms with van der Waals surface area (Å²) in [5.74, 6) is -2.35. The minimum atomic E-state index is -2.35. The van der Waals surface area contributed by atoms with Gasteiger partial charge in [0, 0.05) is 0 Å². The number of piperidine rings is 1. The lowest BCUT2D eigenvalue weighted by atomic mass is 10.1. The van der Waals surface area contributed by atoms with Crippen molar-refractivity contribution in [1.82, 2.24) is 0 Å². The molecule has 0 atom stereocenters. The van der Waals surface area contributed by atoms with E-state index in [0.717, 1.165) is 0 Å². The van der Waals surface area contributed by atoms with Crippen molar-refractivity contribution >= 4 is 0 Å². The summed E-state index contributed by atoms with van der Waals surface area (Å²) in [6.07, 6.45) is 0.125. The monoisotopic (exact) mass is 157 g/mol. The normalized spacial score (nSPS) is 24.7. The van der Waals surface area contributed by atoms with E-state index in [1.807, 2.05) is 5.32 Å². The van der Waals surface area contributed by atoms with Gasteiger partial charge in [0.05, 0.1) is 25.9 Å². The number of nitrogens with two attached hydrogens (primary N) is 1. The third-order valence-corrected chi connectivity index (χ3v) is 1.43. The van der Waals surface area contributed by atoms with Crippen molar-refractivity contribution in [2.24, 2.45) is 0 Å². The highest BCUT2D eigenvalue weighted by atomic mass is 35.5. The molecule has 2 N–H and O–H groups in total. The molecule has 0 amide bonds. The molecule has 1 rings (SSSR count). The van der Waals surface area contributed by atoms with Crippen LogP contribution in [0.2, 0.25) is 0 Å². The Hall–Kier alpha value is 0.110. The summed E-state index contributed by atoms with van der Waals surface area (Å²) < 4.78 is 24.4. The van der Waals surface area contributed by atoms with Crippen molar-refractivity contribution in [3.63, 3.8) is 0 Å². The van der Waals surface area contributed by atoms with Gasteiger partial charge in [-0.3, -0.25) is 0 Å². The number of hydrogen-bond donors (Lipinski definition) is 1. The lowest BCUT2D eigenvalue weighted by Crippen LogP contribution is -3.00. The van der Waals surface area contributed by atoms with Crippen LogP contribution in [0.3, 0.4) is 0 Å². The van der Waals surface area contributed by atoms with Gasteiger partial charge < -0.3 is 17.7 Å². The molecule has 1 saturated heterocycles. The van der Waals surface area contributed by atoms with Gasteiger partial charge in [-0.1, -0.05) is 0 Å². The molecule has 0 unspecified atom stereocenters. The van der Waals surface area contributed by atoms with Crippen molar-refractivity contribution in [3.05, 3.63) is 0 Å². The zero-order chi connectivity index (χ0) is 6.04. The van der Waals surface area contributed by atoms with Gasteiger partial charge in [-0.2, -0.15) is 0 Å². The number of alkyl halides is 2. The van der Waals surface area contributed by atoms with Gasteiger partial charge in [0.25, 0.3) is 5.92 Å². The second-order valence-corrected chi connectivity index (χ2v) is 2.22. The summed E-state index contributed by atoms with van der Waals surface area (Å²) >= 11 is 0. The summed E-state index contributed by atoms with van der Waals surface area (Å²) in [6.45, 7) is 1.18. The van der Waals surface area contributed by atoms with Crippen molar-refractivity contribution in [2.45, 2.75) is 18.8 Å². The van der Waals surface area contributed by atoms with E-state index < -0.39 is 5.92 Å². The summed E-state index contributed by atoms with van der Waals surface area (Å²) in [5, 5.41) is 1.93. The van der Waals surface area contributed by atoms with E-state index in [4.69, 9.17) is 0 Å². The van der Waals surface area contributed by atoms with E-state index in [1.54, 1.807) is 0 Å². The predicted molar refractivity (Wildman–Crippen MR) is 25.8 cm³/mol. The van der Waals surface area contributed by atoms with E-state index in [-0.39, 0.29) is 25.2 Å². The standard InChI is InChI=1S/C5H9F2N.ClH/c6-5(7)1-3-8-4-2-5;/h8H,1-4H2;1H. The topological polar surface area (TPSA) is 16.6 Å². The van der Waals surface area contributed by atoms with Crippen LogP contribution >= 0.6 is 0 Å². The van der Waals surface area contributed by atoms with E-state index in [0.29, 0.717) is 13.1 Å². The molecule has 0 saturated carbocycles. The van der Waals surface area contributed by atoms with Gasteiger partial charge in [0.1, 0.15) is 0 Å². The third kappa shape index (κ3) is 2.96. The van der Waals surface area contributed by atoms with Gasteiger partial charge in [0.15, 0.2) is 0 Å². The maximum atomic E-state index is 12.2. The highest BCUT2D eigenvalue weighted by molar-refractivity contribution is 4.66. The molecule has 9 heavy (non-hydrogen) atoms. The highest BCUT2D eigenvalue weighted by Crippen LogP contribution is 2.21. The second kappa shape index (κ2) is 3.32. The molecule has 1 aliphatic heterocycles. The average molecular weight is 158 g/mol. The average Bonchev–Trinajstić information content (AvgIpc) is 1.65. The first-order valence-electron chi connectivity index (χ1n) is 2.90. The molecule has 0 aliphatic carbocycles. The number of hydrogen-bond acceptors (Lipinski definition) is 0. The fourth-order valence-corrected chi connectivity index (χ4v) is 0.896. The molecule has 0 aromatic heterocycles. The van der Waals surface area contributed by atoms with Crippen LogP contribution in [0.25, 0.3) is 0 Å². The Kier molecular flexibility index (Phi) is 3.36. The maximum Gasteiger partial charge on any atom is 0.258 e. The van der Waals surface area contributed by atoms with Crippen LogP contribution in [0.15, 0.2) is 0 Å². The molecule has 0 aromatic rings. The molecule has 0 aromatic carbocycles. The van der Waals surface area contributed by atoms with Gasteiger partial charge in [-0.05, 0) is 0 Å². The van der Waals surface area contributed by atoms with Crippen molar-refractivity contribution in [3.8, 4) is 0 Å². The summed E-state index contributed by atoms with van der Waals surface area (Å²) in [6, 6.07) is 0. The first-order chi connectivity index (χ1) is 3.71. The molecule has 1 aliphatic rings. The highest BCUT2D eigenvalue weighted by Gasteiger charge is 2.32. The quantitative estimate of drug-likeness (QED) is 0.386. The van der Waals surface area contributed by atoms with Crippen molar-refractivity contribution < 1.29 is 26.5 Å². The Labute approximate surface area is 59.2 Å².